The number of pyridine rings is 1. The predicted octanol–water partition coefficient (Wildman–Crippen LogP) is 2.36. The van der Waals surface area contributed by atoms with Crippen molar-refractivity contribution >= 4 is 5.82 Å². The van der Waals surface area contributed by atoms with Crippen molar-refractivity contribution in [3.8, 4) is 0 Å². The summed E-state index contributed by atoms with van der Waals surface area (Å²) in [4.78, 5) is 6.19. The number of piperidine rings is 1. The van der Waals surface area contributed by atoms with Crippen LogP contribution in [0.4, 0.5) is 10.2 Å². The van der Waals surface area contributed by atoms with Gasteiger partial charge in [0, 0.05) is 12.6 Å². The standard InChI is InChI=1S/C13H20FN3/c1-10(11-5-4-8-17(2)9-11)15-13-7-3-6-12(14)16-13/h3,6-7,10-11H,4-5,8-9H2,1-2H3,(H,15,16). The van der Waals surface area contributed by atoms with E-state index in [1.54, 1.807) is 6.07 Å². The van der Waals surface area contributed by atoms with E-state index in [1.165, 1.54) is 25.5 Å². The van der Waals surface area contributed by atoms with Gasteiger partial charge in [0.2, 0.25) is 5.95 Å². The van der Waals surface area contributed by atoms with Gasteiger partial charge in [0.15, 0.2) is 0 Å². The van der Waals surface area contributed by atoms with Gasteiger partial charge in [-0.25, -0.2) is 4.98 Å². The fourth-order valence-corrected chi connectivity index (χ4v) is 2.45. The van der Waals surface area contributed by atoms with Crippen LogP contribution in [0.15, 0.2) is 18.2 Å². The van der Waals surface area contributed by atoms with E-state index >= 15 is 0 Å². The topological polar surface area (TPSA) is 28.2 Å². The zero-order chi connectivity index (χ0) is 12.3. The number of nitrogens with zero attached hydrogens (tertiary/aromatic N) is 2. The maximum absolute atomic E-state index is 13.0. The molecule has 2 heterocycles. The van der Waals surface area contributed by atoms with E-state index in [-0.39, 0.29) is 0 Å². The SMILES string of the molecule is CC(Nc1cccc(F)n1)C1CCCN(C)C1. The number of aromatic nitrogens is 1. The summed E-state index contributed by atoms with van der Waals surface area (Å²) in [5.74, 6) is 0.813. The second-order valence-corrected chi connectivity index (χ2v) is 4.94. The maximum Gasteiger partial charge on any atom is 0.214 e. The molecule has 2 unspecified atom stereocenters. The lowest BCUT2D eigenvalue weighted by molar-refractivity contribution is 0.197. The minimum Gasteiger partial charge on any atom is -0.367 e. The Labute approximate surface area is 102 Å². The first-order valence-corrected chi connectivity index (χ1v) is 6.23. The van der Waals surface area contributed by atoms with Crippen molar-refractivity contribution in [2.45, 2.75) is 25.8 Å². The van der Waals surface area contributed by atoms with Crippen molar-refractivity contribution in [1.82, 2.24) is 9.88 Å². The second-order valence-electron chi connectivity index (χ2n) is 4.94. The highest BCUT2D eigenvalue weighted by atomic mass is 19.1. The van der Waals surface area contributed by atoms with E-state index < -0.39 is 5.95 Å². The summed E-state index contributed by atoms with van der Waals surface area (Å²) in [6.07, 6.45) is 2.47. The van der Waals surface area contributed by atoms with Crippen LogP contribution in [0, 0.1) is 11.9 Å². The van der Waals surface area contributed by atoms with Gasteiger partial charge in [-0.15, -0.1) is 0 Å². The Morgan fingerprint density at radius 2 is 2.35 bits per heavy atom. The highest BCUT2D eigenvalue weighted by Crippen LogP contribution is 2.20. The lowest BCUT2D eigenvalue weighted by Gasteiger charge is -2.34. The first kappa shape index (κ1) is 12.3. The largest absolute Gasteiger partial charge is 0.367 e. The van der Waals surface area contributed by atoms with E-state index in [2.05, 4.69) is 29.2 Å². The molecule has 94 valence electrons. The number of likely N-dealkylation sites (tertiary alicyclic amines) is 1. The van der Waals surface area contributed by atoms with Gasteiger partial charge < -0.3 is 10.2 Å². The number of halogens is 1. The molecule has 0 bridgehead atoms. The molecule has 0 spiro atoms. The lowest BCUT2D eigenvalue weighted by atomic mass is 9.92. The molecule has 4 heteroatoms. The van der Waals surface area contributed by atoms with Crippen LogP contribution >= 0.6 is 0 Å². The zero-order valence-corrected chi connectivity index (χ0v) is 10.5. The average Bonchev–Trinajstić information content (AvgIpc) is 2.29. The van der Waals surface area contributed by atoms with E-state index in [4.69, 9.17) is 0 Å². The van der Waals surface area contributed by atoms with Gasteiger partial charge in [0.1, 0.15) is 5.82 Å². The summed E-state index contributed by atoms with van der Waals surface area (Å²) in [7, 11) is 2.15. The van der Waals surface area contributed by atoms with Crippen LogP contribution in [-0.4, -0.2) is 36.1 Å². The molecule has 0 radical (unpaired) electrons. The summed E-state index contributed by atoms with van der Waals surface area (Å²) in [5.41, 5.74) is 0. The molecule has 1 aliphatic rings. The number of anilines is 1. The molecule has 2 atom stereocenters. The summed E-state index contributed by atoms with van der Waals surface area (Å²) in [6, 6.07) is 5.19. The fraction of sp³-hybridized carbons (Fsp3) is 0.615. The molecule has 0 aliphatic carbocycles. The van der Waals surface area contributed by atoms with Crippen molar-refractivity contribution in [3.63, 3.8) is 0 Å². The smallest absolute Gasteiger partial charge is 0.214 e. The van der Waals surface area contributed by atoms with E-state index in [1.807, 2.05) is 6.07 Å². The number of rotatable bonds is 3. The van der Waals surface area contributed by atoms with Gasteiger partial charge in [-0.05, 0) is 51.4 Å². The molecular formula is C13H20FN3. The first-order valence-electron chi connectivity index (χ1n) is 6.23. The van der Waals surface area contributed by atoms with Crippen molar-refractivity contribution in [1.29, 1.82) is 0 Å². The molecule has 1 saturated heterocycles. The van der Waals surface area contributed by atoms with Gasteiger partial charge in [-0.2, -0.15) is 4.39 Å². The van der Waals surface area contributed by atoms with Crippen molar-refractivity contribution in [2.75, 3.05) is 25.5 Å². The van der Waals surface area contributed by atoms with Crippen LogP contribution in [0.2, 0.25) is 0 Å². The van der Waals surface area contributed by atoms with Crippen LogP contribution in [0.25, 0.3) is 0 Å². The predicted molar refractivity (Wildman–Crippen MR) is 67.5 cm³/mol. The van der Waals surface area contributed by atoms with E-state index in [0.717, 1.165) is 6.54 Å². The van der Waals surface area contributed by atoms with Gasteiger partial charge in [-0.3, -0.25) is 0 Å². The molecule has 1 fully saturated rings. The molecule has 1 aliphatic heterocycles. The molecule has 2 rings (SSSR count). The third-order valence-corrected chi connectivity index (χ3v) is 3.46. The normalized spacial score (nSPS) is 23.4. The molecular weight excluding hydrogens is 217 g/mol. The Hall–Kier alpha value is -1.16. The monoisotopic (exact) mass is 237 g/mol. The highest BCUT2D eigenvalue weighted by molar-refractivity contribution is 5.34. The highest BCUT2D eigenvalue weighted by Gasteiger charge is 2.22. The van der Waals surface area contributed by atoms with Gasteiger partial charge >= 0.3 is 0 Å². The third-order valence-electron chi connectivity index (χ3n) is 3.46. The van der Waals surface area contributed by atoms with Crippen LogP contribution in [-0.2, 0) is 0 Å². The van der Waals surface area contributed by atoms with Crippen molar-refractivity contribution in [2.24, 2.45) is 5.92 Å². The van der Waals surface area contributed by atoms with Crippen LogP contribution < -0.4 is 5.32 Å². The van der Waals surface area contributed by atoms with Crippen LogP contribution in [0.5, 0.6) is 0 Å². The Balaban J connectivity index is 1.94. The zero-order valence-electron chi connectivity index (χ0n) is 10.5. The van der Waals surface area contributed by atoms with Gasteiger partial charge in [0.25, 0.3) is 0 Å². The molecule has 1 aromatic rings. The van der Waals surface area contributed by atoms with Crippen molar-refractivity contribution in [3.05, 3.63) is 24.1 Å². The summed E-state index contributed by atoms with van der Waals surface area (Å²) >= 11 is 0. The summed E-state index contributed by atoms with van der Waals surface area (Å²) in [5, 5.41) is 3.30. The summed E-state index contributed by atoms with van der Waals surface area (Å²) in [6.45, 7) is 4.43. The molecule has 17 heavy (non-hydrogen) atoms. The lowest BCUT2D eigenvalue weighted by Crippen LogP contribution is -2.40. The maximum atomic E-state index is 13.0. The Bertz CT molecular complexity index is 369. The minimum absolute atomic E-state index is 0.326. The molecule has 0 amide bonds. The number of hydrogen-bond donors (Lipinski definition) is 1. The van der Waals surface area contributed by atoms with Crippen LogP contribution in [0.1, 0.15) is 19.8 Å². The molecule has 1 N–H and O–H groups in total. The fourth-order valence-electron chi connectivity index (χ4n) is 2.45. The summed E-state index contributed by atoms with van der Waals surface area (Å²) < 4.78 is 13.0. The van der Waals surface area contributed by atoms with Gasteiger partial charge in [0.05, 0.1) is 0 Å². The van der Waals surface area contributed by atoms with E-state index in [0.29, 0.717) is 17.8 Å². The molecule has 0 aromatic carbocycles. The van der Waals surface area contributed by atoms with Crippen molar-refractivity contribution < 1.29 is 4.39 Å². The second kappa shape index (κ2) is 5.45. The third kappa shape index (κ3) is 3.40. The van der Waals surface area contributed by atoms with Gasteiger partial charge in [-0.1, -0.05) is 6.07 Å². The number of hydrogen-bond acceptors (Lipinski definition) is 3. The Kier molecular flexibility index (Phi) is 3.94. The quantitative estimate of drug-likeness (QED) is 0.818. The first-order chi connectivity index (χ1) is 8.15. The Morgan fingerprint density at radius 1 is 1.53 bits per heavy atom. The number of nitrogens with one attached hydrogen (secondary N) is 1. The molecule has 3 nitrogen and oxygen atoms in total. The average molecular weight is 237 g/mol. The minimum atomic E-state index is -0.428. The Morgan fingerprint density at radius 3 is 3.06 bits per heavy atom. The van der Waals surface area contributed by atoms with Crippen LogP contribution in [0.3, 0.4) is 0 Å². The molecule has 1 aromatic heterocycles. The van der Waals surface area contributed by atoms with E-state index in [9.17, 15) is 4.39 Å². The molecule has 0 saturated carbocycles.